The molecule has 6 N–H and O–H groups in total. The maximum Gasteiger partial charge on any atom is 0.331 e. The Kier molecular flexibility index (Phi) is 8.65. The molecular formula is C8H13NO7. The van der Waals surface area contributed by atoms with Gasteiger partial charge in [0.15, 0.2) is 0 Å². The second-order valence-electron chi connectivity index (χ2n) is 2.60. The van der Waals surface area contributed by atoms with Gasteiger partial charge >= 0.3 is 17.9 Å². The van der Waals surface area contributed by atoms with Gasteiger partial charge in [-0.1, -0.05) is 0 Å². The van der Waals surface area contributed by atoms with Crippen LogP contribution >= 0.6 is 0 Å². The van der Waals surface area contributed by atoms with Crippen LogP contribution in [-0.2, 0) is 14.4 Å². The molecule has 0 aliphatic carbocycles. The normalized spacial score (nSPS) is 12.1. The van der Waals surface area contributed by atoms with Gasteiger partial charge in [0.1, 0.15) is 6.04 Å². The Labute approximate surface area is 90.6 Å². The van der Waals surface area contributed by atoms with Gasteiger partial charge in [-0.25, -0.2) is 9.59 Å². The zero-order valence-corrected chi connectivity index (χ0v) is 8.45. The van der Waals surface area contributed by atoms with E-state index in [4.69, 9.17) is 26.2 Å². The molecule has 0 aromatic carbocycles. The third-order valence-corrected chi connectivity index (χ3v) is 1.19. The van der Waals surface area contributed by atoms with Crippen LogP contribution in [0.4, 0.5) is 0 Å². The van der Waals surface area contributed by atoms with Crippen molar-refractivity contribution in [3.63, 3.8) is 0 Å². The number of hydrogen-bond acceptors (Lipinski definition) is 5. The Morgan fingerprint density at radius 1 is 1.25 bits per heavy atom. The molecule has 8 heteroatoms. The van der Waals surface area contributed by atoms with Crippen LogP contribution in [-0.4, -0.2) is 51.0 Å². The first kappa shape index (κ1) is 16.5. The lowest BCUT2D eigenvalue weighted by molar-refractivity contribution is -0.139. The minimum absolute atomic E-state index is 0.178. The molecule has 1 atom stereocenters. The molecule has 0 saturated carbocycles. The lowest BCUT2D eigenvalue weighted by atomic mass is 10.3. The van der Waals surface area contributed by atoms with Crippen molar-refractivity contribution >= 4 is 17.9 Å². The van der Waals surface area contributed by atoms with Crippen molar-refractivity contribution in [1.29, 1.82) is 0 Å². The molecule has 0 bridgehead atoms. The van der Waals surface area contributed by atoms with Gasteiger partial charge in [0, 0.05) is 11.6 Å². The summed E-state index contributed by atoms with van der Waals surface area (Å²) in [5.74, 6) is -3.63. The Bertz CT molecular complexity index is 297. The van der Waals surface area contributed by atoms with Crippen LogP contribution in [0.3, 0.4) is 0 Å². The predicted molar refractivity (Wildman–Crippen MR) is 51.7 cm³/mol. The summed E-state index contributed by atoms with van der Waals surface area (Å²) in [5.41, 5.74) is 4.59. The molecule has 92 valence electrons. The highest BCUT2D eigenvalue weighted by Gasteiger charge is 2.07. The van der Waals surface area contributed by atoms with Gasteiger partial charge in [0.05, 0.1) is 6.61 Å². The van der Waals surface area contributed by atoms with Crippen LogP contribution in [0.1, 0.15) is 6.92 Å². The van der Waals surface area contributed by atoms with E-state index in [-0.39, 0.29) is 5.57 Å². The summed E-state index contributed by atoms with van der Waals surface area (Å²) in [7, 11) is 0. The largest absolute Gasteiger partial charge is 0.480 e. The third-order valence-electron chi connectivity index (χ3n) is 1.19. The summed E-state index contributed by atoms with van der Waals surface area (Å²) in [6, 6.07) is -1.13. The van der Waals surface area contributed by atoms with Crippen molar-refractivity contribution in [3.05, 3.63) is 11.6 Å². The minimum atomic E-state index is -1.24. The van der Waals surface area contributed by atoms with E-state index in [1.807, 2.05) is 0 Å². The van der Waals surface area contributed by atoms with Crippen LogP contribution in [0.15, 0.2) is 11.6 Å². The van der Waals surface area contributed by atoms with Gasteiger partial charge < -0.3 is 26.2 Å². The average Bonchev–Trinajstić information content (AvgIpc) is 2.16. The molecule has 0 spiro atoms. The molecular weight excluding hydrogens is 222 g/mol. The lowest BCUT2D eigenvalue weighted by Crippen LogP contribution is -2.33. The van der Waals surface area contributed by atoms with Crippen molar-refractivity contribution in [2.75, 3.05) is 6.61 Å². The molecule has 0 fully saturated rings. The van der Waals surface area contributed by atoms with Crippen molar-refractivity contribution in [3.8, 4) is 0 Å². The fourth-order valence-electron chi connectivity index (χ4n) is 0.325. The Hall–Kier alpha value is -1.93. The highest BCUT2D eigenvalue weighted by Crippen LogP contribution is 1.89. The van der Waals surface area contributed by atoms with E-state index in [1.165, 1.54) is 6.92 Å². The molecule has 16 heavy (non-hydrogen) atoms. The van der Waals surface area contributed by atoms with E-state index < -0.39 is 30.6 Å². The van der Waals surface area contributed by atoms with Crippen LogP contribution in [0.2, 0.25) is 0 Å². The first-order valence-electron chi connectivity index (χ1n) is 3.96. The lowest BCUT2D eigenvalue weighted by Gasteiger charge is -1.96. The van der Waals surface area contributed by atoms with E-state index >= 15 is 0 Å². The molecule has 0 amide bonds. The van der Waals surface area contributed by atoms with Crippen LogP contribution in [0.5, 0.6) is 0 Å². The Morgan fingerprint density at radius 2 is 1.69 bits per heavy atom. The van der Waals surface area contributed by atoms with Crippen molar-refractivity contribution in [1.82, 2.24) is 0 Å². The highest BCUT2D eigenvalue weighted by atomic mass is 16.4. The number of hydrogen-bond donors (Lipinski definition) is 5. The van der Waals surface area contributed by atoms with Crippen LogP contribution in [0, 0.1) is 0 Å². The SMILES string of the molecule is C/C(=C\C(=O)O)C(=O)O.NC(CO)C(=O)O. The monoisotopic (exact) mass is 235 g/mol. The molecule has 0 saturated heterocycles. The fourth-order valence-corrected chi connectivity index (χ4v) is 0.325. The molecule has 0 aliphatic rings. The van der Waals surface area contributed by atoms with Crippen molar-refractivity contribution in [2.45, 2.75) is 13.0 Å². The number of aliphatic carboxylic acids is 3. The average molecular weight is 235 g/mol. The quantitative estimate of drug-likeness (QED) is 0.368. The second-order valence-corrected chi connectivity index (χ2v) is 2.60. The Morgan fingerprint density at radius 3 is 1.75 bits per heavy atom. The number of aliphatic hydroxyl groups excluding tert-OH is 1. The van der Waals surface area contributed by atoms with E-state index in [9.17, 15) is 14.4 Å². The molecule has 0 aromatic rings. The van der Waals surface area contributed by atoms with Gasteiger partial charge in [-0.3, -0.25) is 4.79 Å². The molecule has 0 aromatic heterocycles. The summed E-state index contributed by atoms with van der Waals surface area (Å²) in [6.45, 7) is 0.714. The number of carbonyl (C=O) groups is 3. The summed E-state index contributed by atoms with van der Waals surface area (Å²) in [6.07, 6.45) is 0.641. The smallest absolute Gasteiger partial charge is 0.331 e. The molecule has 0 rings (SSSR count). The van der Waals surface area contributed by atoms with E-state index in [0.29, 0.717) is 6.08 Å². The van der Waals surface area contributed by atoms with E-state index in [1.54, 1.807) is 0 Å². The van der Waals surface area contributed by atoms with E-state index in [2.05, 4.69) is 0 Å². The predicted octanol–water partition coefficient (Wildman–Crippen LogP) is -1.51. The molecule has 0 heterocycles. The highest BCUT2D eigenvalue weighted by molar-refractivity contribution is 5.93. The molecule has 1 unspecified atom stereocenters. The molecule has 0 aliphatic heterocycles. The number of carboxylic acids is 3. The summed E-state index contributed by atoms with van der Waals surface area (Å²) in [5, 5.41) is 32.0. The number of nitrogens with two attached hydrogens (primary N) is 1. The third kappa shape index (κ3) is 10.2. The van der Waals surface area contributed by atoms with Gasteiger partial charge in [-0.05, 0) is 6.92 Å². The first-order chi connectivity index (χ1) is 7.22. The van der Waals surface area contributed by atoms with Crippen molar-refractivity contribution < 1.29 is 34.8 Å². The van der Waals surface area contributed by atoms with Crippen molar-refractivity contribution in [2.24, 2.45) is 5.73 Å². The summed E-state index contributed by atoms with van der Waals surface area (Å²) < 4.78 is 0. The summed E-state index contributed by atoms with van der Waals surface area (Å²) >= 11 is 0. The van der Waals surface area contributed by atoms with Gasteiger partial charge in [0.2, 0.25) is 0 Å². The Balaban J connectivity index is 0. The zero-order valence-electron chi connectivity index (χ0n) is 8.45. The molecule has 0 radical (unpaired) electrons. The topological polar surface area (TPSA) is 158 Å². The fraction of sp³-hybridized carbons (Fsp3) is 0.375. The first-order valence-corrected chi connectivity index (χ1v) is 3.96. The van der Waals surface area contributed by atoms with Crippen LogP contribution in [0.25, 0.3) is 0 Å². The number of aliphatic hydroxyl groups is 1. The zero-order chi connectivity index (χ0) is 13.3. The van der Waals surface area contributed by atoms with Gasteiger partial charge in [0.25, 0.3) is 0 Å². The van der Waals surface area contributed by atoms with Gasteiger partial charge in [-0.15, -0.1) is 0 Å². The van der Waals surface area contributed by atoms with Gasteiger partial charge in [-0.2, -0.15) is 0 Å². The summed E-state index contributed by atoms with van der Waals surface area (Å²) in [4.78, 5) is 29.3. The maximum atomic E-state index is 9.90. The maximum absolute atomic E-state index is 9.90. The van der Waals surface area contributed by atoms with Crippen LogP contribution < -0.4 is 5.73 Å². The minimum Gasteiger partial charge on any atom is -0.480 e. The number of rotatable bonds is 4. The second kappa shape index (κ2) is 8.38. The van der Waals surface area contributed by atoms with E-state index in [0.717, 1.165) is 0 Å². The number of carboxylic acid groups (broad SMARTS) is 3. The molecule has 8 nitrogen and oxygen atoms in total. The standard InChI is InChI=1S/C5H6O4.C3H7NO3/c1-3(5(8)9)2-4(6)7;4-2(1-5)3(6)7/h2H,1H3,(H,6,7)(H,8,9);2,5H,1,4H2,(H,6,7)/b3-2+;.